The number of aromatic nitrogens is 3. The molecule has 0 radical (unpaired) electrons. The van der Waals surface area contributed by atoms with Crippen LogP contribution in [0.2, 0.25) is 0 Å². The van der Waals surface area contributed by atoms with Crippen molar-refractivity contribution in [1.29, 1.82) is 0 Å². The lowest BCUT2D eigenvalue weighted by Crippen LogP contribution is -2.32. The molecule has 1 N–H and O–H groups in total. The Hall–Kier alpha value is -2.67. The predicted molar refractivity (Wildman–Crippen MR) is 105 cm³/mol. The molecule has 0 bridgehead atoms. The molecule has 3 heterocycles. The van der Waals surface area contributed by atoms with Gasteiger partial charge in [0.15, 0.2) is 0 Å². The Kier molecular flexibility index (Phi) is 4.94. The molecule has 1 aromatic carbocycles. The minimum atomic E-state index is 0.0148. The van der Waals surface area contributed by atoms with Crippen molar-refractivity contribution in [3.8, 4) is 16.9 Å². The largest absolute Gasteiger partial charge is 0.497 e. The Morgan fingerprint density at radius 2 is 2.33 bits per heavy atom. The van der Waals surface area contributed by atoms with Gasteiger partial charge in [-0.3, -0.25) is 9.89 Å². The van der Waals surface area contributed by atoms with Gasteiger partial charge < -0.3 is 9.64 Å². The first-order chi connectivity index (χ1) is 13.2. The van der Waals surface area contributed by atoms with Crippen LogP contribution in [-0.4, -0.2) is 39.6 Å². The van der Waals surface area contributed by atoms with E-state index in [2.05, 4.69) is 15.2 Å². The second-order valence-corrected chi connectivity index (χ2v) is 7.77. The fraction of sp³-hybridized carbons (Fsp3) is 0.350. The molecule has 0 aliphatic carbocycles. The van der Waals surface area contributed by atoms with Crippen LogP contribution in [0.25, 0.3) is 11.1 Å². The quantitative estimate of drug-likeness (QED) is 0.729. The maximum Gasteiger partial charge on any atom is 0.229 e. The van der Waals surface area contributed by atoms with Gasteiger partial charge in [0.05, 0.1) is 42.2 Å². The van der Waals surface area contributed by atoms with E-state index < -0.39 is 0 Å². The molecule has 1 unspecified atom stereocenters. The Bertz CT molecular complexity index is 949. The maximum absolute atomic E-state index is 12.9. The molecular formula is C20H22N4O2S. The first kappa shape index (κ1) is 17.7. The van der Waals surface area contributed by atoms with Crippen molar-refractivity contribution in [1.82, 2.24) is 20.1 Å². The highest BCUT2D eigenvalue weighted by Gasteiger charge is 2.33. The molecular weight excluding hydrogens is 360 g/mol. The molecule has 140 valence electrons. The van der Waals surface area contributed by atoms with Crippen molar-refractivity contribution in [2.75, 3.05) is 13.7 Å². The molecule has 0 spiro atoms. The number of aryl methyl sites for hydroxylation is 1. The minimum Gasteiger partial charge on any atom is -0.497 e. The zero-order valence-corrected chi connectivity index (χ0v) is 16.3. The van der Waals surface area contributed by atoms with Gasteiger partial charge in [0.1, 0.15) is 5.75 Å². The number of hydrogen-bond acceptors (Lipinski definition) is 5. The van der Waals surface area contributed by atoms with E-state index in [9.17, 15) is 4.79 Å². The van der Waals surface area contributed by atoms with Crippen molar-refractivity contribution in [3.05, 3.63) is 52.2 Å². The molecule has 1 aliphatic rings. The molecule has 6 nitrogen and oxygen atoms in total. The highest BCUT2D eigenvalue weighted by atomic mass is 32.1. The second-order valence-electron chi connectivity index (χ2n) is 6.71. The number of methoxy groups -OCH3 is 1. The highest BCUT2D eigenvalue weighted by molar-refractivity contribution is 7.09. The number of amides is 1. The van der Waals surface area contributed by atoms with E-state index in [4.69, 9.17) is 4.74 Å². The lowest BCUT2D eigenvalue weighted by molar-refractivity contribution is -0.131. The topological polar surface area (TPSA) is 71.1 Å². The average molecular weight is 382 g/mol. The Balaban J connectivity index is 1.59. The number of nitrogens with zero attached hydrogens (tertiary/aromatic N) is 3. The minimum absolute atomic E-state index is 0.0148. The van der Waals surface area contributed by atoms with Gasteiger partial charge in [0, 0.05) is 17.5 Å². The summed E-state index contributed by atoms with van der Waals surface area (Å²) in [6, 6.07) is 7.93. The fourth-order valence-electron chi connectivity index (χ4n) is 3.68. The SMILES string of the molecule is COc1cccc(-c2cn[nH]c2C2CCCN2C(=O)Cc2csc(C)n2)c1. The van der Waals surface area contributed by atoms with Crippen LogP contribution in [-0.2, 0) is 11.2 Å². The molecule has 1 atom stereocenters. The lowest BCUT2D eigenvalue weighted by Gasteiger charge is -2.24. The van der Waals surface area contributed by atoms with Crippen molar-refractivity contribution in [3.63, 3.8) is 0 Å². The third-order valence-corrected chi connectivity index (χ3v) is 5.78. The lowest BCUT2D eigenvalue weighted by atomic mass is 10.0. The summed E-state index contributed by atoms with van der Waals surface area (Å²) < 4.78 is 5.34. The summed E-state index contributed by atoms with van der Waals surface area (Å²) in [5.41, 5.74) is 3.89. The van der Waals surface area contributed by atoms with Crippen molar-refractivity contribution in [2.24, 2.45) is 0 Å². The molecule has 1 aliphatic heterocycles. The van der Waals surface area contributed by atoms with E-state index in [0.717, 1.165) is 52.7 Å². The number of H-pyrrole nitrogens is 1. The van der Waals surface area contributed by atoms with Gasteiger partial charge >= 0.3 is 0 Å². The zero-order valence-electron chi connectivity index (χ0n) is 15.4. The molecule has 1 saturated heterocycles. The third kappa shape index (κ3) is 3.60. The van der Waals surface area contributed by atoms with Gasteiger partial charge in [-0.2, -0.15) is 5.10 Å². The van der Waals surface area contributed by atoms with Gasteiger partial charge in [0.2, 0.25) is 5.91 Å². The van der Waals surface area contributed by atoms with Crippen LogP contribution < -0.4 is 4.74 Å². The number of carbonyl (C=O) groups excluding carboxylic acids is 1. The number of thiazole rings is 1. The highest BCUT2D eigenvalue weighted by Crippen LogP contribution is 2.37. The zero-order chi connectivity index (χ0) is 18.8. The Morgan fingerprint density at radius 3 is 3.11 bits per heavy atom. The Labute approximate surface area is 162 Å². The second kappa shape index (κ2) is 7.52. The summed E-state index contributed by atoms with van der Waals surface area (Å²) in [6.07, 6.45) is 4.10. The number of nitrogens with one attached hydrogen (secondary N) is 1. The van der Waals surface area contributed by atoms with Crippen LogP contribution in [0.15, 0.2) is 35.8 Å². The van der Waals surface area contributed by atoms with Crippen molar-refractivity contribution < 1.29 is 9.53 Å². The molecule has 1 fully saturated rings. The van der Waals surface area contributed by atoms with E-state index in [-0.39, 0.29) is 11.9 Å². The third-order valence-electron chi connectivity index (χ3n) is 4.95. The predicted octanol–water partition coefficient (Wildman–Crippen LogP) is 3.76. The fourth-order valence-corrected chi connectivity index (χ4v) is 4.29. The van der Waals surface area contributed by atoms with Gasteiger partial charge in [-0.25, -0.2) is 4.98 Å². The van der Waals surface area contributed by atoms with Crippen LogP contribution in [0.3, 0.4) is 0 Å². The van der Waals surface area contributed by atoms with E-state index in [1.165, 1.54) is 0 Å². The molecule has 0 saturated carbocycles. The first-order valence-corrected chi connectivity index (χ1v) is 9.92. The smallest absolute Gasteiger partial charge is 0.229 e. The van der Waals surface area contributed by atoms with Gasteiger partial charge in [0.25, 0.3) is 0 Å². The maximum atomic E-state index is 12.9. The number of ether oxygens (including phenoxy) is 1. The monoisotopic (exact) mass is 382 g/mol. The van der Waals surface area contributed by atoms with Crippen LogP contribution in [0.1, 0.15) is 35.3 Å². The van der Waals surface area contributed by atoms with E-state index in [1.54, 1.807) is 18.4 Å². The average Bonchev–Trinajstić information content (AvgIpc) is 3.41. The van der Waals surface area contributed by atoms with E-state index >= 15 is 0 Å². The number of carbonyl (C=O) groups is 1. The van der Waals surface area contributed by atoms with Crippen LogP contribution in [0, 0.1) is 6.92 Å². The standard InChI is InChI=1S/C20H22N4O2S/c1-13-22-15(12-27-13)10-19(25)24-8-4-7-18(24)20-17(11-21-23-20)14-5-3-6-16(9-14)26-2/h3,5-6,9,11-12,18H,4,7-8,10H2,1-2H3,(H,21,23). The number of rotatable bonds is 5. The van der Waals surface area contributed by atoms with Crippen molar-refractivity contribution in [2.45, 2.75) is 32.2 Å². The number of hydrogen-bond donors (Lipinski definition) is 1. The molecule has 2 aromatic heterocycles. The molecule has 4 rings (SSSR count). The van der Waals surface area contributed by atoms with Crippen molar-refractivity contribution >= 4 is 17.2 Å². The van der Waals surface area contributed by atoms with Gasteiger partial charge in [-0.05, 0) is 37.5 Å². The summed E-state index contributed by atoms with van der Waals surface area (Å²) in [5.74, 6) is 0.923. The summed E-state index contributed by atoms with van der Waals surface area (Å²) in [4.78, 5) is 19.3. The summed E-state index contributed by atoms with van der Waals surface area (Å²) in [5, 5.41) is 10.4. The van der Waals surface area contributed by atoms with Crippen LogP contribution >= 0.6 is 11.3 Å². The molecule has 3 aromatic rings. The van der Waals surface area contributed by atoms with E-state index in [1.807, 2.05) is 47.7 Å². The number of aromatic amines is 1. The van der Waals surface area contributed by atoms with Crippen LogP contribution in [0.5, 0.6) is 5.75 Å². The number of likely N-dealkylation sites (tertiary alicyclic amines) is 1. The molecule has 27 heavy (non-hydrogen) atoms. The van der Waals surface area contributed by atoms with Crippen LogP contribution in [0.4, 0.5) is 0 Å². The molecule has 1 amide bonds. The number of benzene rings is 1. The first-order valence-electron chi connectivity index (χ1n) is 9.04. The molecule has 7 heteroatoms. The summed E-state index contributed by atoms with van der Waals surface area (Å²) in [7, 11) is 1.66. The summed E-state index contributed by atoms with van der Waals surface area (Å²) in [6.45, 7) is 2.73. The van der Waals surface area contributed by atoms with E-state index in [0.29, 0.717) is 6.42 Å². The Morgan fingerprint density at radius 1 is 1.44 bits per heavy atom. The normalized spacial score (nSPS) is 16.7. The van der Waals surface area contributed by atoms with Gasteiger partial charge in [-0.1, -0.05) is 12.1 Å². The van der Waals surface area contributed by atoms with Gasteiger partial charge in [-0.15, -0.1) is 11.3 Å². The summed E-state index contributed by atoms with van der Waals surface area (Å²) >= 11 is 1.58.